The van der Waals surface area contributed by atoms with Gasteiger partial charge in [-0.15, -0.1) is 0 Å². The van der Waals surface area contributed by atoms with E-state index < -0.39 is 18.2 Å². The highest BCUT2D eigenvalue weighted by atomic mass is 16.6. The Bertz CT molecular complexity index is 205. The molecule has 1 heterocycles. The fraction of sp³-hybridized carbons (Fsp3) is 0.375. The van der Waals surface area contributed by atoms with Gasteiger partial charge in [0, 0.05) is 6.08 Å². The van der Waals surface area contributed by atoms with Crippen molar-refractivity contribution < 1.29 is 14.6 Å². The predicted octanol–water partition coefficient (Wildman–Crippen LogP) is 0.405. The first-order valence-corrected chi connectivity index (χ1v) is 3.43. The molecule has 1 aliphatic rings. The van der Waals surface area contributed by atoms with Gasteiger partial charge in [-0.2, -0.15) is 0 Å². The molecule has 0 fully saturated rings. The molecule has 0 bridgehead atoms. The van der Waals surface area contributed by atoms with E-state index in [-0.39, 0.29) is 0 Å². The standard InChI is InChI=1S/C8H10O3/c1-2-3-7-6(9)4-5-8(10)11-7/h2-7,9H,1H3/b3-2+/t6-,7+/m0/s1. The third-order valence-corrected chi connectivity index (χ3v) is 1.40. The number of esters is 1. The molecule has 0 saturated carbocycles. The van der Waals surface area contributed by atoms with Gasteiger partial charge in [0.1, 0.15) is 12.2 Å². The Morgan fingerprint density at radius 3 is 3.09 bits per heavy atom. The van der Waals surface area contributed by atoms with Crippen LogP contribution in [0, 0.1) is 0 Å². The van der Waals surface area contributed by atoms with Crippen molar-refractivity contribution in [3.8, 4) is 0 Å². The van der Waals surface area contributed by atoms with Crippen molar-refractivity contribution in [3.05, 3.63) is 24.3 Å². The summed E-state index contributed by atoms with van der Waals surface area (Å²) in [5.41, 5.74) is 0. The van der Waals surface area contributed by atoms with Gasteiger partial charge in [0.2, 0.25) is 0 Å². The summed E-state index contributed by atoms with van der Waals surface area (Å²) < 4.78 is 4.78. The van der Waals surface area contributed by atoms with Crippen molar-refractivity contribution in [2.75, 3.05) is 0 Å². The van der Waals surface area contributed by atoms with Crippen molar-refractivity contribution in [1.29, 1.82) is 0 Å². The van der Waals surface area contributed by atoms with Gasteiger partial charge >= 0.3 is 5.97 Å². The minimum atomic E-state index is -0.705. The third-order valence-electron chi connectivity index (χ3n) is 1.40. The van der Waals surface area contributed by atoms with Crippen LogP contribution in [0.5, 0.6) is 0 Å². The molecule has 0 aromatic carbocycles. The molecule has 1 aliphatic heterocycles. The van der Waals surface area contributed by atoms with E-state index in [1.54, 1.807) is 19.1 Å². The largest absolute Gasteiger partial charge is 0.452 e. The van der Waals surface area contributed by atoms with E-state index in [0.29, 0.717) is 0 Å². The smallest absolute Gasteiger partial charge is 0.331 e. The van der Waals surface area contributed by atoms with Crippen LogP contribution < -0.4 is 0 Å². The fourth-order valence-corrected chi connectivity index (χ4v) is 0.873. The van der Waals surface area contributed by atoms with Gasteiger partial charge in [0.15, 0.2) is 0 Å². The molecule has 0 aromatic heterocycles. The molecule has 1 rings (SSSR count). The highest BCUT2D eigenvalue weighted by molar-refractivity contribution is 5.83. The summed E-state index contributed by atoms with van der Waals surface area (Å²) in [7, 11) is 0. The minimum Gasteiger partial charge on any atom is -0.452 e. The molecule has 0 aliphatic carbocycles. The van der Waals surface area contributed by atoms with Crippen LogP contribution in [0.2, 0.25) is 0 Å². The van der Waals surface area contributed by atoms with Gasteiger partial charge < -0.3 is 9.84 Å². The number of rotatable bonds is 1. The van der Waals surface area contributed by atoms with Gasteiger partial charge in [0.05, 0.1) is 0 Å². The Balaban J connectivity index is 2.67. The van der Waals surface area contributed by atoms with Crippen LogP contribution in [0.25, 0.3) is 0 Å². The lowest BCUT2D eigenvalue weighted by atomic mass is 10.1. The van der Waals surface area contributed by atoms with Crippen LogP contribution in [-0.2, 0) is 9.53 Å². The maximum atomic E-state index is 10.6. The Kier molecular flexibility index (Phi) is 2.44. The van der Waals surface area contributed by atoms with E-state index in [1.807, 2.05) is 0 Å². The average Bonchev–Trinajstić information content (AvgIpc) is 1.98. The van der Waals surface area contributed by atoms with E-state index in [2.05, 4.69) is 0 Å². The van der Waals surface area contributed by atoms with Crippen molar-refractivity contribution >= 4 is 5.97 Å². The maximum absolute atomic E-state index is 10.6. The zero-order valence-corrected chi connectivity index (χ0v) is 6.23. The zero-order valence-electron chi connectivity index (χ0n) is 6.23. The summed E-state index contributed by atoms with van der Waals surface area (Å²) in [5, 5.41) is 9.20. The second kappa shape index (κ2) is 3.34. The molecule has 3 nitrogen and oxygen atoms in total. The summed E-state index contributed by atoms with van der Waals surface area (Å²) >= 11 is 0. The van der Waals surface area contributed by atoms with Crippen molar-refractivity contribution in [2.45, 2.75) is 19.1 Å². The molecule has 0 spiro atoms. The van der Waals surface area contributed by atoms with Gasteiger partial charge in [-0.05, 0) is 19.1 Å². The fourth-order valence-electron chi connectivity index (χ4n) is 0.873. The summed E-state index contributed by atoms with van der Waals surface area (Å²) in [6.45, 7) is 1.80. The molecule has 0 unspecified atom stereocenters. The molecule has 11 heavy (non-hydrogen) atoms. The van der Waals surface area contributed by atoms with Gasteiger partial charge in [-0.25, -0.2) is 4.79 Å². The highest BCUT2D eigenvalue weighted by Gasteiger charge is 2.21. The number of cyclic esters (lactones) is 1. The number of aliphatic hydroxyl groups excluding tert-OH is 1. The summed E-state index contributed by atoms with van der Waals surface area (Å²) in [6, 6.07) is 0. The van der Waals surface area contributed by atoms with Crippen LogP contribution in [0.3, 0.4) is 0 Å². The summed E-state index contributed by atoms with van der Waals surface area (Å²) in [5.74, 6) is -0.404. The number of carbonyl (C=O) groups is 1. The lowest BCUT2D eigenvalue weighted by Gasteiger charge is -2.20. The van der Waals surface area contributed by atoms with Crippen LogP contribution in [0.4, 0.5) is 0 Å². The van der Waals surface area contributed by atoms with Crippen LogP contribution in [0.1, 0.15) is 6.92 Å². The first kappa shape index (κ1) is 8.01. The quantitative estimate of drug-likeness (QED) is 0.439. The van der Waals surface area contributed by atoms with Gasteiger partial charge in [-0.3, -0.25) is 0 Å². The number of ether oxygens (including phenoxy) is 1. The first-order valence-electron chi connectivity index (χ1n) is 3.43. The first-order chi connectivity index (χ1) is 5.24. The minimum absolute atomic E-state index is 0.404. The molecule has 1 N–H and O–H groups in total. The molecule has 0 amide bonds. The SMILES string of the molecule is C/C=C/[C@H]1OC(=O)C=C[C@@H]1O. The molecule has 0 radical (unpaired) electrons. The lowest BCUT2D eigenvalue weighted by molar-refractivity contribution is -0.146. The van der Waals surface area contributed by atoms with E-state index >= 15 is 0 Å². The maximum Gasteiger partial charge on any atom is 0.331 e. The molecule has 2 atom stereocenters. The van der Waals surface area contributed by atoms with Gasteiger partial charge in [0.25, 0.3) is 0 Å². The Hall–Kier alpha value is -1.09. The monoisotopic (exact) mass is 154 g/mol. The molecular formula is C8H10O3. The highest BCUT2D eigenvalue weighted by Crippen LogP contribution is 2.09. The van der Waals surface area contributed by atoms with Crippen LogP contribution >= 0.6 is 0 Å². The van der Waals surface area contributed by atoms with Crippen LogP contribution in [0.15, 0.2) is 24.3 Å². The second-order valence-corrected chi connectivity index (χ2v) is 2.28. The van der Waals surface area contributed by atoms with E-state index in [9.17, 15) is 9.90 Å². The van der Waals surface area contributed by atoms with E-state index in [1.165, 1.54) is 12.2 Å². The van der Waals surface area contributed by atoms with Crippen molar-refractivity contribution in [1.82, 2.24) is 0 Å². The van der Waals surface area contributed by atoms with E-state index in [0.717, 1.165) is 0 Å². The molecule has 3 heteroatoms. The van der Waals surface area contributed by atoms with Gasteiger partial charge in [-0.1, -0.05) is 6.08 Å². The average molecular weight is 154 g/mol. The van der Waals surface area contributed by atoms with Crippen molar-refractivity contribution in [3.63, 3.8) is 0 Å². The summed E-state index contributed by atoms with van der Waals surface area (Å²) in [4.78, 5) is 10.6. The van der Waals surface area contributed by atoms with Crippen molar-refractivity contribution in [2.24, 2.45) is 0 Å². The Morgan fingerprint density at radius 2 is 2.45 bits per heavy atom. The normalized spacial score (nSPS) is 30.9. The van der Waals surface area contributed by atoms with E-state index in [4.69, 9.17) is 4.74 Å². The predicted molar refractivity (Wildman–Crippen MR) is 39.8 cm³/mol. The Morgan fingerprint density at radius 1 is 1.73 bits per heavy atom. The number of hydrogen-bond donors (Lipinski definition) is 1. The molecule has 0 saturated heterocycles. The number of carbonyl (C=O) groups excluding carboxylic acids is 1. The Labute approximate surface area is 65.0 Å². The molecule has 60 valence electrons. The summed E-state index contributed by atoms with van der Waals surface area (Å²) in [6.07, 6.45) is 4.81. The topological polar surface area (TPSA) is 46.5 Å². The second-order valence-electron chi connectivity index (χ2n) is 2.28. The van der Waals surface area contributed by atoms with Crippen LogP contribution in [-0.4, -0.2) is 23.3 Å². The number of allylic oxidation sites excluding steroid dienone is 1. The molecule has 0 aromatic rings. The number of aliphatic hydroxyl groups is 1. The zero-order chi connectivity index (χ0) is 8.27. The molecular weight excluding hydrogens is 144 g/mol. The number of hydrogen-bond acceptors (Lipinski definition) is 3. The third kappa shape index (κ3) is 1.91. The lowest BCUT2D eigenvalue weighted by Crippen LogP contribution is -2.31.